The Labute approximate surface area is 190 Å². The molecule has 2 N–H and O–H groups in total. The molecule has 0 radical (unpaired) electrons. The number of hydrogen-bond acceptors (Lipinski definition) is 7. The van der Waals surface area contributed by atoms with E-state index in [1.807, 2.05) is 18.2 Å². The van der Waals surface area contributed by atoms with Crippen LogP contribution in [0.2, 0.25) is 5.15 Å². The van der Waals surface area contributed by atoms with Crippen LogP contribution in [0.3, 0.4) is 0 Å². The third-order valence-corrected chi connectivity index (χ3v) is 6.49. The third kappa shape index (κ3) is 3.93. The Hall–Kier alpha value is -3.04. The van der Waals surface area contributed by atoms with Gasteiger partial charge in [0.15, 0.2) is 0 Å². The number of carbonyl (C=O) groups excluding carboxylic acids is 3. The van der Waals surface area contributed by atoms with Crippen molar-refractivity contribution in [3.05, 3.63) is 52.3 Å². The second-order valence-corrected chi connectivity index (χ2v) is 8.73. The average molecular weight is 455 g/mol. The van der Waals surface area contributed by atoms with Gasteiger partial charge in [0.2, 0.25) is 17.8 Å². The summed E-state index contributed by atoms with van der Waals surface area (Å²) in [5.74, 6) is -0.285. The van der Waals surface area contributed by atoms with Crippen molar-refractivity contribution in [2.75, 3.05) is 18.0 Å². The number of aromatic nitrogens is 2. The number of nitrogens with zero attached hydrogens (tertiary/aromatic N) is 4. The van der Waals surface area contributed by atoms with Crippen molar-refractivity contribution >= 4 is 35.3 Å². The van der Waals surface area contributed by atoms with Crippen molar-refractivity contribution in [3.8, 4) is 0 Å². The molecule has 4 heterocycles. The highest BCUT2D eigenvalue weighted by Gasteiger charge is 2.39. The zero-order valence-corrected chi connectivity index (χ0v) is 18.1. The smallest absolute Gasteiger partial charge is 0.255 e. The molecule has 0 bridgehead atoms. The molecule has 3 amide bonds. The van der Waals surface area contributed by atoms with Gasteiger partial charge in [-0.15, -0.1) is 0 Å². The molecule has 2 aromatic rings. The van der Waals surface area contributed by atoms with Crippen LogP contribution in [0, 0.1) is 0 Å². The highest BCUT2D eigenvalue weighted by molar-refractivity contribution is 6.29. The number of rotatable bonds is 5. The van der Waals surface area contributed by atoms with Crippen molar-refractivity contribution in [1.82, 2.24) is 25.5 Å². The van der Waals surface area contributed by atoms with Gasteiger partial charge in [-0.1, -0.05) is 23.7 Å². The van der Waals surface area contributed by atoms with Crippen molar-refractivity contribution in [2.45, 2.75) is 44.4 Å². The van der Waals surface area contributed by atoms with Gasteiger partial charge in [-0.2, -0.15) is 0 Å². The van der Waals surface area contributed by atoms with Crippen LogP contribution in [-0.4, -0.2) is 57.8 Å². The van der Waals surface area contributed by atoms with Gasteiger partial charge in [0.05, 0.1) is 0 Å². The molecular weight excluding hydrogens is 432 g/mol. The Balaban J connectivity index is 1.38. The molecule has 0 aliphatic carbocycles. The van der Waals surface area contributed by atoms with Crippen LogP contribution < -0.4 is 15.5 Å². The lowest BCUT2D eigenvalue weighted by atomic mass is 10.0. The summed E-state index contributed by atoms with van der Waals surface area (Å²) in [4.78, 5) is 49.2. The van der Waals surface area contributed by atoms with Crippen LogP contribution in [0.5, 0.6) is 0 Å². The molecule has 5 rings (SSSR count). The minimum atomic E-state index is -0.614. The van der Waals surface area contributed by atoms with E-state index in [1.54, 1.807) is 17.2 Å². The minimum absolute atomic E-state index is 0.170. The molecule has 0 spiro atoms. The quantitative estimate of drug-likeness (QED) is 0.517. The van der Waals surface area contributed by atoms with Gasteiger partial charge in [-0.25, -0.2) is 9.97 Å². The number of anilines is 1. The van der Waals surface area contributed by atoms with Gasteiger partial charge in [0.1, 0.15) is 11.2 Å². The first-order valence-electron chi connectivity index (χ1n) is 10.7. The fourth-order valence-electron chi connectivity index (χ4n) is 4.66. The first-order chi connectivity index (χ1) is 15.5. The van der Waals surface area contributed by atoms with Crippen LogP contribution in [-0.2, 0) is 22.7 Å². The van der Waals surface area contributed by atoms with E-state index < -0.39 is 11.9 Å². The largest absolute Gasteiger partial charge is 0.332 e. The van der Waals surface area contributed by atoms with Gasteiger partial charge in [-0.05, 0) is 42.6 Å². The Kier molecular flexibility index (Phi) is 5.52. The number of nitrogens with one attached hydrogen (secondary N) is 2. The normalized spacial score (nSPS) is 22.8. The third-order valence-electron chi connectivity index (χ3n) is 6.28. The van der Waals surface area contributed by atoms with Crippen molar-refractivity contribution in [1.29, 1.82) is 0 Å². The Morgan fingerprint density at radius 1 is 1.19 bits per heavy atom. The fourth-order valence-corrected chi connectivity index (χ4v) is 4.79. The first-order valence-corrected chi connectivity index (χ1v) is 11.1. The molecule has 3 aliphatic heterocycles. The van der Waals surface area contributed by atoms with E-state index in [0.29, 0.717) is 36.2 Å². The number of piperidine rings is 1. The van der Waals surface area contributed by atoms with Crippen molar-refractivity contribution in [3.63, 3.8) is 0 Å². The predicted molar refractivity (Wildman–Crippen MR) is 117 cm³/mol. The molecule has 9 nitrogen and oxygen atoms in total. The van der Waals surface area contributed by atoms with Crippen LogP contribution >= 0.6 is 11.6 Å². The SMILES string of the molecule is O=C1CCC(N2Cc3cc(CN(c4nccc(Cl)n4)C4CCNC4)ccc3C2=O)C(=O)N1. The zero-order chi connectivity index (χ0) is 22.2. The second-order valence-electron chi connectivity index (χ2n) is 8.35. The molecule has 1 aromatic carbocycles. The first kappa shape index (κ1) is 20.8. The van der Waals surface area contributed by atoms with E-state index in [-0.39, 0.29) is 24.3 Å². The summed E-state index contributed by atoms with van der Waals surface area (Å²) in [6, 6.07) is 7.05. The second kappa shape index (κ2) is 8.48. The molecule has 166 valence electrons. The van der Waals surface area contributed by atoms with E-state index in [4.69, 9.17) is 11.6 Å². The summed E-state index contributed by atoms with van der Waals surface area (Å²) in [6.07, 6.45) is 3.22. The molecule has 0 saturated carbocycles. The Morgan fingerprint density at radius 3 is 2.81 bits per heavy atom. The Bertz CT molecular complexity index is 1090. The summed E-state index contributed by atoms with van der Waals surface area (Å²) in [7, 11) is 0. The molecule has 1 aromatic heterocycles. The summed E-state index contributed by atoms with van der Waals surface area (Å²) in [5.41, 5.74) is 2.51. The van der Waals surface area contributed by atoms with Crippen LogP contribution in [0.15, 0.2) is 30.5 Å². The summed E-state index contributed by atoms with van der Waals surface area (Å²) >= 11 is 6.11. The van der Waals surface area contributed by atoms with Gasteiger partial charge in [0, 0.05) is 43.9 Å². The maximum absolute atomic E-state index is 12.9. The lowest BCUT2D eigenvalue weighted by Gasteiger charge is -2.29. The lowest BCUT2D eigenvalue weighted by Crippen LogP contribution is -2.52. The summed E-state index contributed by atoms with van der Waals surface area (Å²) < 4.78 is 0. The Morgan fingerprint density at radius 2 is 2.06 bits per heavy atom. The van der Waals surface area contributed by atoms with E-state index in [2.05, 4.69) is 25.5 Å². The van der Waals surface area contributed by atoms with Crippen LogP contribution in [0.25, 0.3) is 0 Å². The summed E-state index contributed by atoms with van der Waals surface area (Å²) in [5, 5.41) is 6.11. The molecule has 2 atom stereocenters. The molecule has 32 heavy (non-hydrogen) atoms. The zero-order valence-electron chi connectivity index (χ0n) is 17.4. The topological polar surface area (TPSA) is 108 Å². The fraction of sp³-hybridized carbons (Fsp3) is 0.409. The van der Waals surface area contributed by atoms with E-state index in [0.717, 1.165) is 30.6 Å². The molecule has 2 unspecified atom stereocenters. The number of hydrogen-bond donors (Lipinski definition) is 2. The van der Waals surface area contributed by atoms with E-state index >= 15 is 0 Å². The lowest BCUT2D eigenvalue weighted by molar-refractivity contribution is -0.136. The number of imide groups is 1. The molecule has 3 aliphatic rings. The summed E-state index contributed by atoms with van der Waals surface area (Å²) in [6.45, 7) is 2.70. The minimum Gasteiger partial charge on any atom is -0.332 e. The van der Waals surface area contributed by atoms with Gasteiger partial charge < -0.3 is 15.1 Å². The molecule has 2 fully saturated rings. The monoisotopic (exact) mass is 454 g/mol. The molecular formula is C22H23ClN6O3. The van der Waals surface area contributed by atoms with Gasteiger partial charge in [-0.3, -0.25) is 19.7 Å². The number of amides is 3. The van der Waals surface area contributed by atoms with Crippen LogP contribution in [0.4, 0.5) is 5.95 Å². The average Bonchev–Trinajstić information content (AvgIpc) is 3.41. The molecule has 10 heteroatoms. The predicted octanol–water partition coefficient (Wildman–Crippen LogP) is 1.26. The number of fused-ring (bicyclic) bond motifs is 1. The standard InChI is InChI=1S/C22H23ClN6O3/c23-18-6-8-25-22(26-18)28(15-5-7-24-10-15)11-13-1-2-16-14(9-13)12-29(21(16)32)17-3-4-19(30)27-20(17)31/h1-2,6,8-9,15,17,24H,3-5,7,10-12H2,(H,27,30,31). The number of halogens is 1. The van der Waals surface area contributed by atoms with Crippen molar-refractivity contribution < 1.29 is 14.4 Å². The highest BCUT2D eigenvalue weighted by Crippen LogP contribution is 2.29. The maximum atomic E-state index is 12.9. The number of carbonyl (C=O) groups is 3. The highest BCUT2D eigenvalue weighted by atomic mass is 35.5. The maximum Gasteiger partial charge on any atom is 0.255 e. The van der Waals surface area contributed by atoms with Gasteiger partial charge >= 0.3 is 0 Å². The van der Waals surface area contributed by atoms with E-state index in [9.17, 15) is 14.4 Å². The van der Waals surface area contributed by atoms with Gasteiger partial charge in [0.25, 0.3) is 5.91 Å². The molecule has 2 saturated heterocycles. The van der Waals surface area contributed by atoms with Crippen LogP contribution in [0.1, 0.15) is 40.7 Å². The number of benzene rings is 1. The van der Waals surface area contributed by atoms with Crippen molar-refractivity contribution in [2.24, 2.45) is 0 Å². The van der Waals surface area contributed by atoms with E-state index in [1.165, 1.54) is 0 Å².